The summed E-state index contributed by atoms with van der Waals surface area (Å²) in [6.07, 6.45) is 1.91. The first kappa shape index (κ1) is 15.2. The lowest BCUT2D eigenvalue weighted by atomic mass is 9.99. The molecule has 4 nitrogen and oxygen atoms in total. The van der Waals surface area contributed by atoms with Crippen LogP contribution in [-0.2, 0) is 0 Å². The van der Waals surface area contributed by atoms with Crippen molar-refractivity contribution in [3.63, 3.8) is 0 Å². The number of nitrogens with zero attached hydrogens (tertiary/aromatic N) is 2. The highest BCUT2D eigenvalue weighted by atomic mass is 32.2. The molecule has 0 fully saturated rings. The van der Waals surface area contributed by atoms with Gasteiger partial charge in [0.15, 0.2) is 0 Å². The Hall–Kier alpha value is -0.780. The molecular formula is C10H18FN2O2S-. The van der Waals surface area contributed by atoms with Crippen LogP contribution in [0.5, 0.6) is 0 Å². The van der Waals surface area contributed by atoms with Crippen LogP contribution >= 0.6 is 12.1 Å². The molecule has 0 radical (unpaired) electrons. The standard InChI is InChI=1S/C10H19FN2O2S/c1-4-6-7-8(5-2)9(14)12-16-13(3)10(11)15/h8H,4-7H2,1-3H3,(H,12,14)/p-1. The van der Waals surface area contributed by atoms with Crippen molar-refractivity contribution < 1.29 is 14.3 Å². The lowest BCUT2D eigenvalue weighted by Gasteiger charge is -2.21. The van der Waals surface area contributed by atoms with Crippen molar-refractivity contribution >= 4 is 24.2 Å². The second-order valence-electron chi connectivity index (χ2n) is 3.51. The summed E-state index contributed by atoms with van der Waals surface area (Å²) in [6.45, 7) is 3.97. The van der Waals surface area contributed by atoms with Gasteiger partial charge >= 0.3 is 6.16 Å². The molecule has 0 aliphatic heterocycles. The van der Waals surface area contributed by atoms with Gasteiger partial charge in [-0.2, -0.15) is 0 Å². The molecule has 0 bridgehead atoms. The molecule has 1 atom stereocenters. The topological polar surface area (TPSA) is 55.7 Å². The molecule has 1 amide bonds. The number of hydrogen-bond acceptors (Lipinski definition) is 4. The van der Waals surface area contributed by atoms with Crippen molar-refractivity contribution in [3.8, 4) is 0 Å². The minimum absolute atomic E-state index is 0.115. The molecule has 0 saturated heterocycles. The van der Waals surface area contributed by atoms with Gasteiger partial charge in [0, 0.05) is 7.05 Å². The minimum atomic E-state index is -1.61. The quantitative estimate of drug-likeness (QED) is 0.229. The first-order valence-corrected chi connectivity index (χ1v) is 6.11. The summed E-state index contributed by atoms with van der Waals surface area (Å²) in [5.74, 6) is -0.385. The minimum Gasteiger partial charge on any atom is -0.861 e. The van der Waals surface area contributed by atoms with Gasteiger partial charge in [0.1, 0.15) is 0 Å². The first-order valence-electron chi connectivity index (χ1n) is 5.38. The van der Waals surface area contributed by atoms with E-state index in [0.29, 0.717) is 16.4 Å². The molecule has 16 heavy (non-hydrogen) atoms. The van der Waals surface area contributed by atoms with Gasteiger partial charge in [-0.25, -0.2) is 13.5 Å². The van der Waals surface area contributed by atoms with Gasteiger partial charge in [-0.05, 0) is 24.7 Å². The highest BCUT2D eigenvalue weighted by molar-refractivity contribution is 7.96. The third-order valence-corrected chi connectivity index (χ3v) is 2.90. The first-order chi connectivity index (χ1) is 7.52. The third-order valence-electron chi connectivity index (χ3n) is 2.25. The van der Waals surface area contributed by atoms with E-state index in [-0.39, 0.29) is 11.8 Å². The van der Waals surface area contributed by atoms with Crippen molar-refractivity contribution in [1.29, 1.82) is 0 Å². The van der Waals surface area contributed by atoms with Crippen LogP contribution in [0.3, 0.4) is 0 Å². The number of unbranched alkanes of at least 4 members (excludes halogenated alkanes) is 1. The van der Waals surface area contributed by atoms with Crippen LogP contribution in [0, 0.1) is 5.92 Å². The van der Waals surface area contributed by atoms with Crippen molar-refractivity contribution in [2.24, 2.45) is 10.3 Å². The zero-order chi connectivity index (χ0) is 12.6. The summed E-state index contributed by atoms with van der Waals surface area (Å²) < 4.78 is 16.4. The molecular weight excluding hydrogens is 231 g/mol. The van der Waals surface area contributed by atoms with Crippen LogP contribution in [0.25, 0.3) is 0 Å². The van der Waals surface area contributed by atoms with Gasteiger partial charge in [0.05, 0.1) is 12.1 Å². The maximum Gasteiger partial charge on any atom is 0.411 e. The molecule has 0 N–H and O–H groups in total. The number of carbonyl (C=O) groups is 1. The van der Waals surface area contributed by atoms with E-state index in [1.165, 1.54) is 7.05 Å². The summed E-state index contributed by atoms with van der Waals surface area (Å²) in [5.41, 5.74) is 0. The molecule has 0 aromatic heterocycles. The SMILES string of the molecule is CCCCC(CC)/C([O-])=N/SN(C)C(=O)F. The summed E-state index contributed by atoms with van der Waals surface area (Å²) in [5, 5.41) is 11.6. The molecule has 0 saturated carbocycles. The number of halogens is 1. The van der Waals surface area contributed by atoms with Gasteiger partial charge in [-0.1, -0.05) is 26.7 Å². The smallest absolute Gasteiger partial charge is 0.411 e. The van der Waals surface area contributed by atoms with Crippen molar-refractivity contribution in [2.45, 2.75) is 39.5 Å². The second-order valence-corrected chi connectivity index (χ2v) is 4.40. The normalized spacial score (nSPS) is 13.6. The number of carbonyl (C=O) groups excluding carboxylic acids is 1. The Labute approximate surface area is 100 Å². The molecule has 0 spiro atoms. The van der Waals surface area contributed by atoms with Crippen LogP contribution in [0.2, 0.25) is 0 Å². The van der Waals surface area contributed by atoms with E-state index in [0.717, 1.165) is 25.7 Å². The van der Waals surface area contributed by atoms with Gasteiger partial charge < -0.3 is 5.11 Å². The highest BCUT2D eigenvalue weighted by Gasteiger charge is 2.08. The number of rotatable bonds is 7. The predicted molar refractivity (Wildman–Crippen MR) is 62.6 cm³/mol. The second kappa shape index (κ2) is 8.38. The molecule has 6 heteroatoms. The molecule has 0 aliphatic rings. The predicted octanol–water partition coefficient (Wildman–Crippen LogP) is 2.55. The van der Waals surface area contributed by atoms with Crippen LogP contribution in [0.4, 0.5) is 9.18 Å². The lowest BCUT2D eigenvalue weighted by molar-refractivity contribution is -0.223. The fourth-order valence-electron chi connectivity index (χ4n) is 1.16. The summed E-state index contributed by atoms with van der Waals surface area (Å²) in [7, 11) is 1.23. The van der Waals surface area contributed by atoms with Crippen molar-refractivity contribution in [1.82, 2.24) is 4.31 Å². The van der Waals surface area contributed by atoms with E-state index in [1.54, 1.807) is 0 Å². The van der Waals surface area contributed by atoms with E-state index in [4.69, 9.17) is 0 Å². The largest absolute Gasteiger partial charge is 0.861 e. The Morgan fingerprint density at radius 2 is 2.19 bits per heavy atom. The van der Waals surface area contributed by atoms with Crippen LogP contribution in [-0.4, -0.2) is 23.4 Å². The Kier molecular flexibility index (Phi) is 7.97. The van der Waals surface area contributed by atoms with Crippen LogP contribution < -0.4 is 5.11 Å². The highest BCUT2D eigenvalue weighted by Crippen LogP contribution is 2.16. The number of amides is 1. The van der Waals surface area contributed by atoms with E-state index in [2.05, 4.69) is 11.3 Å². The summed E-state index contributed by atoms with van der Waals surface area (Å²) in [6, 6.07) is 0. The Morgan fingerprint density at radius 3 is 2.62 bits per heavy atom. The maximum absolute atomic E-state index is 12.1. The average molecular weight is 249 g/mol. The monoisotopic (exact) mass is 249 g/mol. The summed E-state index contributed by atoms with van der Waals surface area (Å²) >= 11 is 0.554. The van der Waals surface area contributed by atoms with Gasteiger partial charge in [-0.3, -0.25) is 0 Å². The van der Waals surface area contributed by atoms with Crippen LogP contribution in [0.1, 0.15) is 39.5 Å². The lowest BCUT2D eigenvalue weighted by Crippen LogP contribution is -2.27. The van der Waals surface area contributed by atoms with Gasteiger partial charge in [-0.15, -0.1) is 4.39 Å². The third kappa shape index (κ3) is 5.95. The molecule has 1 unspecified atom stereocenters. The molecule has 94 valence electrons. The molecule has 0 aromatic rings. The zero-order valence-electron chi connectivity index (χ0n) is 9.90. The van der Waals surface area contributed by atoms with Gasteiger partial charge in [0.25, 0.3) is 0 Å². The Bertz CT molecular complexity index is 249. The van der Waals surface area contributed by atoms with E-state index in [9.17, 15) is 14.3 Å². The Morgan fingerprint density at radius 1 is 1.56 bits per heavy atom. The molecule has 0 aliphatic carbocycles. The molecule has 0 heterocycles. The molecule has 0 rings (SSSR count). The zero-order valence-corrected chi connectivity index (χ0v) is 10.7. The average Bonchev–Trinajstić information content (AvgIpc) is 2.26. The summed E-state index contributed by atoms with van der Waals surface area (Å²) in [4.78, 5) is 10.2. The van der Waals surface area contributed by atoms with Crippen molar-refractivity contribution in [2.75, 3.05) is 7.05 Å². The van der Waals surface area contributed by atoms with E-state index >= 15 is 0 Å². The Balaban J connectivity index is 4.20. The number of hydrogen-bond donors (Lipinski definition) is 0. The van der Waals surface area contributed by atoms with E-state index in [1.807, 2.05) is 6.92 Å². The fraction of sp³-hybridized carbons (Fsp3) is 0.800. The maximum atomic E-state index is 12.1. The van der Waals surface area contributed by atoms with Crippen molar-refractivity contribution in [3.05, 3.63) is 0 Å². The van der Waals surface area contributed by atoms with Gasteiger partial charge in [0.2, 0.25) is 0 Å². The van der Waals surface area contributed by atoms with E-state index < -0.39 is 6.16 Å². The fourth-order valence-corrected chi connectivity index (χ4v) is 1.58. The molecule has 0 aromatic carbocycles. The van der Waals surface area contributed by atoms with Crippen LogP contribution in [0.15, 0.2) is 4.40 Å².